The van der Waals surface area contributed by atoms with Crippen LogP contribution in [0.5, 0.6) is 0 Å². The van der Waals surface area contributed by atoms with Crippen molar-refractivity contribution in [1.29, 1.82) is 0 Å². The van der Waals surface area contributed by atoms with Crippen LogP contribution in [0.3, 0.4) is 0 Å². The van der Waals surface area contributed by atoms with Gasteiger partial charge in [-0.15, -0.1) is 0 Å². The molecule has 4 nitrogen and oxygen atoms in total. The molecule has 2 aromatic heterocycles. The molecule has 1 aromatic carbocycles. The third-order valence-corrected chi connectivity index (χ3v) is 4.34. The monoisotopic (exact) mass is 352 g/mol. The molecule has 3 aromatic rings. The topological polar surface area (TPSA) is 42.7 Å². The number of nitrogens with zero attached hydrogens (tertiary/aromatic N) is 3. The molecular formula is C20H21ClN4. The van der Waals surface area contributed by atoms with E-state index in [9.17, 15) is 0 Å². The Morgan fingerprint density at radius 3 is 2.68 bits per heavy atom. The van der Waals surface area contributed by atoms with Gasteiger partial charge < -0.3 is 5.32 Å². The molecule has 0 fully saturated rings. The van der Waals surface area contributed by atoms with Gasteiger partial charge in [-0.05, 0) is 67.3 Å². The smallest absolute Gasteiger partial charge is 0.207 e. The molecule has 0 unspecified atom stereocenters. The van der Waals surface area contributed by atoms with E-state index in [-0.39, 0.29) is 0 Å². The van der Waals surface area contributed by atoms with Gasteiger partial charge in [0.1, 0.15) is 5.82 Å². The molecule has 0 radical (unpaired) electrons. The number of rotatable bonds is 5. The lowest BCUT2D eigenvalue weighted by Crippen LogP contribution is -2.04. The predicted molar refractivity (Wildman–Crippen MR) is 104 cm³/mol. The lowest BCUT2D eigenvalue weighted by Gasteiger charge is -2.12. The van der Waals surface area contributed by atoms with Crippen LogP contribution in [0.25, 0.3) is 11.8 Å². The molecule has 0 atom stereocenters. The van der Waals surface area contributed by atoms with Crippen LogP contribution in [0.4, 0.5) is 5.82 Å². The number of hydrogen-bond donors (Lipinski definition) is 1. The first-order valence-corrected chi connectivity index (χ1v) is 8.59. The van der Waals surface area contributed by atoms with Crippen molar-refractivity contribution in [2.45, 2.75) is 27.3 Å². The SMILES string of the molecule is C/C=C\c1ccc(NCc2ccc(-n3ccnc3Cl)c(C)c2)nc1C. The third-order valence-electron chi connectivity index (χ3n) is 4.06. The summed E-state index contributed by atoms with van der Waals surface area (Å²) in [6, 6.07) is 10.4. The number of benzene rings is 1. The summed E-state index contributed by atoms with van der Waals surface area (Å²) < 4.78 is 1.87. The van der Waals surface area contributed by atoms with E-state index in [2.05, 4.69) is 52.5 Å². The van der Waals surface area contributed by atoms with Crippen LogP contribution in [0, 0.1) is 13.8 Å². The largest absolute Gasteiger partial charge is 0.366 e. The van der Waals surface area contributed by atoms with Crippen LogP contribution in [-0.4, -0.2) is 14.5 Å². The molecule has 0 aliphatic carbocycles. The zero-order valence-electron chi connectivity index (χ0n) is 14.6. The fraction of sp³-hybridized carbons (Fsp3) is 0.200. The van der Waals surface area contributed by atoms with Gasteiger partial charge in [-0.1, -0.05) is 24.3 Å². The molecule has 2 heterocycles. The van der Waals surface area contributed by atoms with Gasteiger partial charge in [0.15, 0.2) is 0 Å². The van der Waals surface area contributed by atoms with Gasteiger partial charge in [0.2, 0.25) is 5.28 Å². The molecule has 0 saturated heterocycles. The molecule has 0 aliphatic heterocycles. The molecule has 0 amide bonds. The van der Waals surface area contributed by atoms with E-state index >= 15 is 0 Å². The Balaban J connectivity index is 1.73. The predicted octanol–water partition coefficient (Wildman–Crippen LogP) is 5.18. The second-order valence-corrected chi connectivity index (χ2v) is 6.25. The Kier molecular flexibility index (Phi) is 5.19. The first kappa shape index (κ1) is 17.2. The van der Waals surface area contributed by atoms with E-state index in [1.807, 2.05) is 36.8 Å². The van der Waals surface area contributed by atoms with Gasteiger partial charge in [-0.3, -0.25) is 4.57 Å². The zero-order chi connectivity index (χ0) is 17.8. The number of aromatic nitrogens is 3. The fourth-order valence-corrected chi connectivity index (χ4v) is 2.99. The Morgan fingerprint density at radius 1 is 1.20 bits per heavy atom. The summed E-state index contributed by atoms with van der Waals surface area (Å²) in [6.07, 6.45) is 7.65. The Labute approximate surface area is 153 Å². The number of pyridine rings is 1. The van der Waals surface area contributed by atoms with Crippen molar-refractivity contribution in [1.82, 2.24) is 14.5 Å². The Morgan fingerprint density at radius 2 is 2.04 bits per heavy atom. The molecule has 0 spiro atoms. The van der Waals surface area contributed by atoms with E-state index < -0.39 is 0 Å². The van der Waals surface area contributed by atoms with Crippen LogP contribution in [0.2, 0.25) is 5.28 Å². The average molecular weight is 353 g/mol. The average Bonchev–Trinajstić information content (AvgIpc) is 3.01. The third kappa shape index (κ3) is 3.91. The van der Waals surface area contributed by atoms with Crippen LogP contribution < -0.4 is 5.32 Å². The molecule has 0 saturated carbocycles. The molecule has 1 N–H and O–H groups in total. The lowest BCUT2D eigenvalue weighted by molar-refractivity contribution is 1.03. The van der Waals surface area contributed by atoms with E-state index in [4.69, 9.17) is 11.6 Å². The summed E-state index contributed by atoms with van der Waals surface area (Å²) in [5, 5.41) is 3.85. The molecule has 0 bridgehead atoms. The first-order valence-electron chi connectivity index (χ1n) is 8.21. The van der Waals surface area contributed by atoms with Gasteiger partial charge in [-0.2, -0.15) is 0 Å². The highest BCUT2D eigenvalue weighted by Crippen LogP contribution is 2.20. The van der Waals surface area contributed by atoms with E-state index in [0.717, 1.165) is 28.3 Å². The quantitative estimate of drug-likeness (QED) is 0.687. The summed E-state index contributed by atoms with van der Waals surface area (Å²) in [7, 11) is 0. The summed E-state index contributed by atoms with van der Waals surface area (Å²) in [4.78, 5) is 8.67. The maximum Gasteiger partial charge on any atom is 0.207 e. The molecule has 3 rings (SSSR count). The number of aryl methyl sites for hydroxylation is 2. The highest BCUT2D eigenvalue weighted by Gasteiger charge is 2.06. The number of anilines is 1. The molecule has 5 heteroatoms. The van der Waals surface area contributed by atoms with Gasteiger partial charge in [-0.25, -0.2) is 9.97 Å². The molecule has 25 heavy (non-hydrogen) atoms. The minimum Gasteiger partial charge on any atom is -0.366 e. The minimum atomic E-state index is 0.467. The van der Waals surface area contributed by atoms with Crippen molar-refractivity contribution in [3.05, 3.63) is 76.5 Å². The van der Waals surface area contributed by atoms with Crippen molar-refractivity contribution >= 4 is 23.5 Å². The van der Waals surface area contributed by atoms with Crippen molar-refractivity contribution in [3.63, 3.8) is 0 Å². The van der Waals surface area contributed by atoms with Gasteiger partial charge >= 0.3 is 0 Å². The molecule has 0 aliphatic rings. The second-order valence-electron chi connectivity index (χ2n) is 5.91. The standard InChI is InChI=1S/C20H21ClN4/c1-4-5-17-7-9-19(24-15(17)3)23-13-16-6-8-18(14(2)12-16)25-11-10-22-20(25)21/h4-12H,13H2,1-3H3,(H,23,24)/b5-4-. The molecular weight excluding hydrogens is 332 g/mol. The second kappa shape index (κ2) is 7.53. The Bertz CT molecular complexity index is 912. The number of allylic oxidation sites excluding steroid dienone is 1. The van der Waals surface area contributed by atoms with Crippen molar-refractivity contribution in [2.24, 2.45) is 0 Å². The van der Waals surface area contributed by atoms with Gasteiger partial charge in [0.25, 0.3) is 0 Å². The number of hydrogen-bond acceptors (Lipinski definition) is 3. The van der Waals surface area contributed by atoms with Crippen molar-refractivity contribution in [3.8, 4) is 5.69 Å². The number of halogens is 1. The lowest BCUT2D eigenvalue weighted by atomic mass is 10.1. The Hall–Kier alpha value is -2.59. The highest BCUT2D eigenvalue weighted by molar-refractivity contribution is 6.28. The van der Waals surface area contributed by atoms with E-state index in [1.165, 1.54) is 5.56 Å². The zero-order valence-corrected chi connectivity index (χ0v) is 15.4. The van der Waals surface area contributed by atoms with Gasteiger partial charge in [0, 0.05) is 24.6 Å². The summed E-state index contributed by atoms with van der Waals surface area (Å²) >= 11 is 6.10. The molecule has 128 valence electrons. The summed E-state index contributed by atoms with van der Waals surface area (Å²) in [5.74, 6) is 0.880. The van der Waals surface area contributed by atoms with E-state index in [1.54, 1.807) is 6.20 Å². The minimum absolute atomic E-state index is 0.467. The van der Waals surface area contributed by atoms with Crippen LogP contribution in [0.1, 0.15) is 29.3 Å². The number of nitrogens with one attached hydrogen (secondary N) is 1. The summed E-state index contributed by atoms with van der Waals surface area (Å²) in [5.41, 5.74) is 5.53. The maximum absolute atomic E-state index is 6.10. The highest BCUT2D eigenvalue weighted by atomic mass is 35.5. The normalized spacial score (nSPS) is 11.2. The first-order chi connectivity index (χ1) is 12.1. The fourth-order valence-electron chi connectivity index (χ4n) is 2.78. The van der Waals surface area contributed by atoms with Crippen molar-refractivity contribution in [2.75, 3.05) is 5.32 Å². The van der Waals surface area contributed by atoms with E-state index in [0.29, 0.717) is 11.8 Å². The number of imidazole rings is 1. The van der Waals surface area contributed by atoms with Gasteiger partial charge in [0.05, 0.1) is 5.69 Å². The van der Waals surface area contributed by atoms with Crippen molar-refractivity contribution < 1.29 is 0 Å². The van der Waals surface area contributed by atoms with Crippen LogP contribution in [-0.2, 0) is 6.54 Å². The van der Waals surface area contributed by atoms with Crippen LogP contribution >= 0.6 is 11.6 Å². The maximum atomic E-state index is 6.10. The van der Waals surface area contributed by atoms with Crippen LogP contribution in [0.15, 0.2) is 48.8 Å². The summed E-state index contributed by atoms with van der Waals surface area (Å²) in [6.45, 7) is 6.82.